The van der Waals surface area contributed by atoms with Gasteiger partial charge in [0.2, 0.25) is 0 Å². The number of hydrogen-bond donors (Lipinski definition) is 0. The molecular formula is C10H16BrN3O2S. The van der Waals surface area contributed by atoms with Gasteiger partial charge in [0.1, 0.15) is 0 Å². The molecule has 5 nitrogen and oxygen atoms in total. The molecule has 0 bridgehead atoms. The van der Waals surface area contributed by atoms with E-state index < -0.39 is 9.84 Å². The van der Waals surface area contributed by atoms with Gasteiger partial charge in [0.15, 0.2) is 9.84 Å². The molecule has 7 heteroatoms. The largest absolute Gasteiger partial charge is 0.295 e. The summed E-state index contributed by atoms with van der Waals surface area (Å²) in [7, 11) is -0.888. The quantitative estimate of drug-likeness (QED) is 0.805. The predicted octanol–water partition coefficient (Wildman–Crippen LogP) is 0.721. The van der Waals surface area contributed by atoms with Crippen LogP contribution in [0.25, 0.3) is 0 Å². The van der Waals surface area contributed by atoms with Crippen molar-refractivity contribution in [3.8, 4) is 0 Å². The minimum Gasteiger partial charge on any atom is -0.295 e. The monoisotopic (exact) mass is 321 g/mol. The minimum absolute atomic E-state index is 0.265. The van der Waals surface area contributed by atoms with E-state index in [1.807, 2.05) is 18.7 Å². The average molecular weight is 322 g/mol. The zero-order chi connectivity index (χ0) is 12.6. The van der Waals surface area contributed by atoms with Crippen molar-refractivity contribution in [2.45, 2.75) is 13.5 Å². The molecule has 1 aromatic rings. The van der Waals surface area contributed by atoms with Crippen molar-refractivity contribution in [3.05, 3.63) is 15.9 Å². The van der Waals surface area contributed by atoms with Gasteiger partial charge < -0.3 is 0 Å². The number of sulfone groups is 1. The van der Waals surface area contributed by atoms with E-state index in [-0.39, 0.29) is 11.5 Å². The molecule has 1 aliphatic rings. The van der Waals surface area contributed by atoms with Crippen LogP contribution in [0, 0.1) is 6.92 Å². The number of aromatic nitrogens is 2. The molecule has 1 aliphatic heterocycles. The molecular weight excluding hydrogens is 306 g/mol. The summed E-state index contributed by atoms with van der Waals surface area (Å²) in [6.45, 7) is 3.92. The molecule has 0 aliphatic carbocycles. The van der Waals surface area contributed by atoms with Gasteiger partial charge in [-0.25, -0.2) is 8.42 Å². The third-order valence-electron chi connectivity index (χ3n) is 3.07. The summed E-state index contributed by atoms with van der Waals surface area (Å²) in [6, 6.07) is 0. The lowest BCUT2D eigenvalue weighted by molar-refractivity contribution is 0.279. The van der Waals surface area contributed by atoms with Crippen LogP contribution in [0.3, 0.4) is 0 Å². The number of rotatable bonds is 2. The first-order valence-electron chi connectivity index (χ1n) is 5.50. The Balaban J connectivity index is 2.07. The van der Waals surface area contributed by atoms with Crippen LogP contribution in [-0.2, 0) is 23.4 Å². The zero-order valence-corrected chi connectivity index (χ0v) is 12.4. The Hall–Kier alpha value is -0.400. The minimum atomic E-state index is -2.80. The van der Waals surface area contributed by atoms with Gasteiger partial charge in [-0.05, 0) is 22.9 Å². The summed E-state index contributed by atoms with van der Waals surface area (Å²) in [5, 5.41) is 4.33. The van der Waals surface area contributed by atoms with E-state index in [2.05, 4.69) is 25.9 Å². The SMILES string of the molecule is Cc1nn(C)c(CN2CCS(=O)(=O)CC2)c1Br. The van der Waals surface area contributed by atoms with Gasteiger partial charge in [0.25, 0.3) is 0 Å². The van der Waals surface area contributed by atoms with E-state index in [1.54, 1.807) is 0 Å². The third-order valence-corrected chi connectivity index (χ3v) is 5.71. The second-order valence-electron chi connectivity index (χ2n) is 4.40. The Kier molecular flexibility index (Phi) is 3.61. The van der Waals surface area contributed by atoms with Crippen LogP contribution < -0.4 is 0 Å². The Morgan fingerprint density at radius 3 is 2.41 bits per heavy atom. The van der Waals surface area contributed by atoms with E-state index in [1.165, 1.54) is 0 Å². The Morgan fingerprint density at radius 1 is 1.35 bits per heavy atom. The second-order valence-corrected chi connectivity index (χ2v) is 7.49. The summed E-state index contributed by atoms with van der Waals surface area (Å²) in [6.07, 6.45) is 0. The summed E-state index contributed by atoms with van der Waals surface area (Å²) in [5.74, 6) is 0.531. The fraction of sp³-hybridized carbons (Fsp3) is 0.700. The Labute approximate surface area is 110 Å². The summed E-state index contributed by atoms with van der Waals surface area (Å²) in [5.41, 5.74) is 2.06. The van der Waals surface area contributed by atoms with Crippen molar-refractivity contribution >= 4 is 25.8 Å². The molecule has 0 unspecified atom stereocenters. The van der Waals surface area contributed by atoms with Crippen LogP contribution in [0.5, 0.6) is 0 Å². The summed E-state index contributed by atoms with van der Waals surface area (Å²) in [4.78, 5) is 2.16. The Bertz CT molecular complexity index is 510. The van der Waals surface area contributed by atoms with E-state index in [9.17, 15) is 8.42 Å². The molecule has 2 rings (SSSR count). The highest BCUT2D eigenvalue weighted by Crippen LogP contribution is 2.22. The van der Waals surface area contributed by atoms with Crippen LogP contribution in [0.15, 0.2) is 4.47 Å². The van der Waals surface area contributed by atoms with Crippen LogP contribution >= 0.6 is 15.9 Å². The molecule has 0 N–H and O–H groups in total. The van der Waals surface area contributed by atoms with Gasteiger partial charge in [-0.1, -0.05) is 0 Å². The second kappa shape index (κ2) is 4.70. The fourth-order valence-electron chi connectivity index (χ4n) is 1.97. The van der Waals surface area contributed by atoms with Gasteiger partial charge in [-0.3, -0.25) is 9.58 Å². The molecule has 0 saturated carbocycles. The summed E-state index contributed by atoms with van der Waals surface area (Å²) >= 11 is 3.52. The topological polar surface area (TPSA) is 55.2 Å². The van der Waals surface area contributed by atoms with Crippen molar-refractivity contribution in [2.75, 3.05) is 24.6 Å². The first kappa shape index (κ1) is 13.0. The molecule has 2 heterocycles. The van der Waals surface area contributed by atoms with E-state index in [0.29, 0.717) is 13.1 Å². The third kappa shape index (κ3) is 2.89. The molecule has 1 fully saturated rings. The van der Waals surface area contributed by atoms with Crippen LogP contribution in [0.2, 0.25) is 0 Å². The van der Waals surface area contributed by atoms with Gasteiger partial charge >= 0.3 is 0 Å². The first-order chi connectivity index (χ1) is 7.89. The lowest BCUT2D eigenvalue weighted by atomic mass is 10.3. The van der Waals surface area contributed by atoms with Crippen LogP contribution in [0.1, 0.15) is 11.4 Å². The van der Waals surface area contributed by atoms with Gasteiger partial charge in [-0.2, -0.15) is 5.10 Å². The Morgan fingerprint density at radius 2 is 1.94 bits per heavy atom. The molecule has 96 valence electrons. The standard InChI is InChI=1S/C10H16BrN3O2S/c1-8-10(11)9(13(2)12-8)7-14-3-5-17(15,16)6-4-14/h3-7H2,1-2H3. The lowest BCUT2D eigenvalue weighted by Crippen LogP contribution is -2.40. The molecule has 0 radical (unpaired) electrons. The maximum Gasteiger partial charge on any atom is 0.152 e. The average Bonchev–Trinajstić information content (AvgIpc) is 2.48. The number of aryl methyl sites for hydroxylation is 2. The van der Waals surface area contributed by atoms with Gasteiger partial charge in [0, 0.05) is 26.7 Å². The highest BCUT2D eigenvalue weighted by molar-refractivity contribution is 9.10. The smallest absolute Gasteiger partial charge is 0.152 e. The number of halogens is 1. The predicted molar refractivity (Wildman–Crippen MR) is 69.6 cm³/mol. The molecule has 1 aromatic heterocycles. The van der Waals surface area contributed by atoms with Crippen molar-refractivity contribution in [2.24, 2.45) is 7.05 Å². The summed E-state index contributed by atoms with van der Waals surface area (Å²) < 4.78 is 25.5. The molecule has 0 spiro atoms. The number of hydrogen-bond acceptors (Lipinski definition) is 4. The van der Waals surface area contributed by atoms with Gasteiger partial charge in [0.05, 0.1) is 27.4 Å². The molecule has 0 amide bonds. The van der Waals surface area contributed by atoms with E-state index in [4.69, 9.17) is 0 Å². The molecule has 1 saturated heterocycles. The van der Waals surface area contributed by atoms with Crippen molar-refractivity contribution < 1.29 is 8.42 Å². The number of nitrogens with zero attached hydrogens (tertiary/aromatic N) is 3. The van der Waals surface area contributed by atoms with Crippen molar-refractivity contribution in [1.29, 1.82) is 0 Å². The van der Waals surface area contributed by atoms with E-state index >= 15 is 0 Å². The highest BCUT2D eigenvalue weighted by Gasteiger charge is 2.23. The molecule has 17 heavy (non-hydrogen) atoms. The highest BCUT2D eigenvalue weighted by atomic mass is 79.9. The maximum absolute atomic E-state index is 11.3. The maximum atomic E-state index is 11.3. The molecule has 0 aromatic carbocycles. The van der Waals surface area contributed by atoms with Crippen LogP contribution in [-0.4, -0.2) is 47.7 Å². The van der Waals surface area contributed by atoms with Crippen LogP contribution in [0.4, 0.5) is 0 Å². The van der Waals surface area contributed by atoms with E-state index in [0.717, 1.165) is 22.4 Å². The van der Waals surface area contributed by atoms with Crippen molar-refractivity contribution in [1.82, 2.24) is 14.7 Å². The fourth-order valence-corrected chi connectivity index (χ4v) is 3.71. The van der Waals surface area contributed by atoms with Gasteiger partial charge in [-0.15, -0.1) is 0 Å². The zero-order valence-electron chi connectivity index (χ0n) is 9.98. The van der Waals surface area contributed by atoms with Crippen molar-refractivity contribution in [3.63, 3.8) is 0 Å². The normalized spacial score (nSPS) is 20.6. The molecule has 0 atom stereocenters. The first-order valence-corrected chi connectivity index (χ1v) is 8.11. The lowest BCUT2D eigenvalue weighted by Gasteiger charge is -2.26.